The molecule has 0 saturated heterocycles. The maximum atomic E-state index is 13.8. The molecule has 0 bridgehead atoms. The molecule has 1 atom stereocenters. The highest BCUT2D eigenvalue weighted by Gasteiger charge is 2.31. The molecule has 4 aromatic rings. The molecule has 37 heavy (non-hydrogen) atoms. The average molecular weight is 513 g/mol. The van der Waals surface area contributed by atoms with Crippen molar-refractivity contribution in [3.8, 4) is 5.75 Å². The Morgan fingerprint density at radius 1 is 0.784 bits per heavy atom. The number of rotatable bonds is 10. The number of amides is 2. The van der Waals surface area contributed by atoms with E-state index >= 15 is 0 Å². The molecule has 1 N–H and O–H groups in total. The summed E-state index contributed by atoms with van der Waals surface area (Å²) in [4.78, 5) is 29.2. The van der Waals surface area contributed by atoms with Gasteiger partial charge in [0.25, 0.3) is 0 Å². The van der Waals surface area contributed by atoms with Gasteiger partial charge in [-0.05, 0) is 46.5 Å². The summed E-state index contributed by atoms with van der Waals surface area (Å²) >= 11 is 6.04. The molecule has 1 unspecified atom stereocenters. The number of methoxy groups -OCH3 is 1. The van der Waals surface area contributed by atoms with Gasteiger partial charge in [0.15, 0.2) is 0 Å². The van der Waals surface area contributed by atoms with Gasteiger partial charge in [0, 0.05) is 18.1 Å². The Morgan fingerprint density at radius 2 is 1.38 bits per heavy atom. The van der Waals surface area contributed by atoms with Gasteiger partial charge in [0.05, 0.1) is 13.5 Å². The van der Waals surface area contributed by atoms with Crippen LogP contribution < -0.4 is 10.1 Å². The number of hydrogen-bond acceptors (Lipinski definition) is 3. The number of carbonyl (C=O) groups excluding carboxylic acids is 2. The molecule has 0 radical (unpaired) electrons. The van der Waals surface area contributed by atoms with Crippen LogP contribution in [0, 0.1) is 0 Å². The molecule has 188 valence electrons. The summed E-state index contributed by atoms with van der Waals surface area (Å²) in [7, 11) is 1.61. The predicted molar refractivity (Wildman–Crippen MR) is 146 cm³/mol. The van der Waals surface area contributed by atoms with Crippen molar-refractivity contribution >= 4 is 23.4 Å². The number of ether oxygens (including phenoxy) is 1. The van der Waals surface area contributed by atoms with Gasteiger partial charge in [0.1, 0.15) is 11.8 Å². The molecule has 0 saturated carbocycles. The average Bonchev–Trinajstić information content (AvgIpc) is 2.94. The van der Waals surface area contributed by atoms with Crippen LogP contribution in [-0.4, -0.2) is 23.8 Å². The third-order valence-electron chi connectivity index (χ3n) is 6.09. The molecule has 0 spiro atoms. The van der Waals surface area contributed by atoms with Gasteiger partial charge in [-0.25, -0.2) is 0 Å². The van der Waals surface area contributed by atoms with Crippen molar-refractivity contribution in [3.05, 3.63) is 136 Å². The van der Waals surface area contributed by atoms with Crippen LogP contribution in [0.1, 0.15) is 28.3 Å². The Hall–Kier alpha value is -4.09. The normalized spacial score (nSPS) is 11.4. The van der Waals surface area contributed by atoms with Gasteiger partial charge >= 0.3 is 0 Å². The van der Waals surface area contributed by atoms with Crippen molar-refractivity contribution in [3.63, 3.8) is 0 Å². The quantitative estimate of drug-likeness (QED) is 0.284. The monoisotopic (exact) mass is 512 g/mol. The molecular formula is C31H29ClN2O3. The summed E-state index contributed by atoms with van der Waals surface area (Å²) in [5.74, 6) is 0.317. The molecule has 4 rings (SSSR count). The van der Waals surface area contributed by atoms with E-state index in [9.17, 15) is 9.59 Å². The van der Waals surface area contributed by atoms with Crippen LogP contribution in [0.3, 0.4) is 0 Å². The van der Waals surface area contributed by atoms with E-state index in [2.05, 4.69) is 5.32 Å². The minimum absolute atomic E-state index is 0.141. The minimum Gasteiger partial charge on any atom is -0.497 e. The summed E-state index contributed by atoms with van der Waals surface area (Å²) < 4.78 is 5.28. The van der Waals surface area contributed by atoms with Crippen molar-refractivity contribution in [2.45, 2.75) is 25.6 Å². The zero-order chi connectivity index (χ0) is 26.0. The van der Waals surface area contributed by atoms with Gasteiger partial charge in [-0.3, -0.25) is 9.59 Å². The third-order valence-corrected chi connectivity index (χ3v) is 6.34. The first kappa shape index (κ1) is 26.0. The lowest BCUT2D eigenvalue weighted by Gasteiger charge is -2.32. The number of halogens is 1. The Kier molecular flexibility index (Phi) is 8.95. The van der Waals surface area contributed by atoms with E-state index in [1.165, 1.54) is 0 Å². The molecule has 0 aliphatic carbocycles. The smallest absolute Gasteiger partial charge is 0.247 e. The SMILES string of the molecule is COc1ccc(CN(C(=O)Cc2ccc(Cl)cc2)C(C(=O)NCc2ccccc2)c2ccccc2)cc1. The molecule has 0 heterocycles. The summed E-state index contributed by atoms with van der Waals surface area (Å²) in [5, 5.41) is 3.64. The van der Waals surface area contributed by atoms with E-state index in [1.54, 1.807) is 24.1 Å². The molecule has 0 aliphatic rings. The standard InChI is InChI=1S/C31H29ClN2O3/c1-37-28-18-14-25(15-19-28)22-34(29(35)20-23-12-16-27(32)17-13-23)30(26-10-6-3-7-11-26)31(36)33-21-24-8-4-2-5-9-24/h2-19,30H,20-22H2,1H3,(H,33,36). The van der Waals surface area contributed by atoms with Crippen molar-refractivity contribution < 1.29 is 14.3 Å². The van der Waals surface area contributed by atoms with Crippen LogP contribution in [0.25, 0.3) is 0 Å². The molecule has 6 heteroatoms. The van der Waals surface area contributed by atoms with E-state index < -0.39 is 6.04 Å². The summed E-state index contributed by atoms with van der Waals surface area (Å²) in [6, 6.07) is 33.0. The second kappa shape index (κ2) is 12.7. The van der Waals surface area contributed by atoms with Gasteiger partial charge in [-0.2, -0.15) is 0 Å². The van der Waals surface area contributed by atoms with Gasteiger partial charge < -0.3 is 15.0 Å². The molecule has 2 amide bonds. The zero-order valence-corrected chi connectivity index (χ0v) is 21.4. The van der Waals surface area contributed by atoms with E-state index in [0.29, 0.717) is 11.6 Å². The molecule has 0 aliphatic heterocycles. The summed E-state index contributed by atoms with van der Waals surface area (Å²) in [6.07, 6.45) is 0.141. The number of carbonyl (C=O) groups is 2. The molecular weight excluding hydrogens is 484 g/mol. The Balaban J connectivity index is 1.67. The summed E-state index contributed by atoms with van der Waals surface area (Å²) in [6.45, 7) is 0.624. The maximum absolute atomic E-state index is 13.8. The largest absolute Gasteiger partial charge is 0.497 e. The lowest BCUT2D eigenvalue weighted by molar-refractivity contribution is -0.141. The number of nitrogens with zero attached hydrogens (tertiary/aromatic N) is 1. The predicted octanol–water partition coefficient (Wildman–Crippen LogP) is 5.98. The molecule has 4 aromatic carbocycles. The van der Waals surface area contributed by atoms with E-state index in [-0.39, 0.29) is 24.8 Å². The topological polar surface area (TPSA) is 58.6 Å². The molecule has 0 aromatic heterocycles. The van der Waals surface area contributed by atoms with Crippen molar-refractivity contribution in [1.29, 1.82) is 0 Å². The highest BCUT2D eigenvalue weighted by molar-refractivity contribution is 6.30. The van der Waals surface area contributed by atoms with Crippen molar-refractivity contribution in [1.82, 2.24) is 10.2 Å². The molecule has 5 nitrogen and oxygen atoms in total. The first-order valence-corrected chi connectivity index (χ1v) is 12.4. The first-order chi connectivity index (χ1) is 18.0. The lowest BCUT2D eigenvalue weighted by Crippen LogP contribution is -2.43. The fourth-order valence-corrected chi connectivity index (χ4v) is 4.25. The maximum Gasteiger partial charge on any atom is 0.247 e. The van der Waals surface area contributed by atoms with Crippen molar-refractivity contribution in [2.75, 3.05) is 7.11 Å². The fourth-order valence-electron chi connectivity index (χ4n) is 4.12. The second-order valence-corrected chi connectivity index (χ2v) is 9.13. The van der Waals surface area contributed by atoms with E-state index in [0.717, 1.165) is 28.0 Å². The Morgan fingerprint density at radius 3 is 2.00 bits per heavy atom. The Bertz CT molecular complexity index is 1290. The highest BCUT2D eigenvalue weighted by Crippen LogP contribution is 2.26. The number of nitrogens with one attached hydrogen (secondary N) is 1. The van der Waals surface area contributed by atoms with Crippen LogP contribution in [0.2, 0.25) is 5.02 Å². The third kappa shape index (κ3) is 7.21. The highest BCUT2D eigenvalue weighted by atomic mass is 35.5. The van der Waals surface area contributed by atoms with Crippen LogP contribution in [0.4, 0.5) is 0 Å². The number of hydrogen-bond donors (Lipinski definition) is 1. The van der Waals surface area contributed by atoms with Crippen molar-refractivity contribution in [2.24, 2.45) is 0 Å². The van der Waals surface area contributed by atoms with Crippen LogP contribution >= 0.6 is 11.6 Å². The van der Waals surface area contributed by atoms with E-state index in [1.807, 2.05) is 97.1 Å². The summed E-state index contributed by atoms with van der Waals surface area (Å²) in [5.41, 5.74) is 3.44. The zero-order valence-electron chi connectivity index (χ0n) is 20.6. The van der Waals surface area contributed by atoms with E-state index in [4.69, 9.17) is 16.3 Å². The Labute approximate surface area is 222 Å². The lowest BCUT2D eigenvalue weighted by atomic mass is 10.0. The van der Waals surface area contributed by atoms with Crippen LogP contribution in [0.5, 0.6) is 5.75 Å². The van der Waals surface area contributed by atoms with Crippen LogP contribution in [0.15, 0.2) is 109 Å². The fraction of sp³-hybridized carbons (Fsp3) is 0.161. The van der Waals surface area contributed by atoms with Gasteiger partial charge in [-0.15, -0.1) is 0 Å². The second-order valence-electron chi connectivity index (χ2n) is 8.69. The minimum atomic E-state index is -0.813. The van der Waals surface area contributed by atoms with Gasteiger partial charge in [0.2, 0.25) is 11.8 Å². The molecule has 0 fully saturated rings. The van der Waals surface area contributed by atoms with Crippen LogP contribution in [-0.2, 0) is 29.1 Å². The van der Waals surface area contributed by atoms with Gasteiger partial charge in [-0.1, -0.05) is 96.5 Å². The first-order valence-electron chi connectivity index (χ1n) is 12.1. The number of benzene rings is 4.